The first-order chi connectivity index (χ1) is 21.9. The van der Waals surface area contributed by atoms with Crippen molar-refractivity contribution in [3.63, 3.8) is 0 Å². The van der Waals surface area contributed by atoms with Crippen molar-refractivity contribution < 1.29 is 29.0 Å². The predicted molar refractivity (Wildman–Crippen MR) is 169 cm³/mol. The van der Waals surface area contributed by atoms with Gasteiger partial charge in [0.05, 0.1) is 24.1 Å². The highest BCUT2D eigenvalue weighted by Gasteiger charge is 2.56. The van der Waals surface area contributed by atoms with Gasteiger partial charge in [-0.1, -0.05) is 42.0 Å². The van der Waals surface area contributed by atoms with Crippen LogP contribution in [0, 0.1) is 17.8 Å². The van der Waals surface area contributed by atoms with Crippen LogP contribution in [0.3, 0.4) is 0 Å². The van der Waals surface area contributed by atoms with Gasteiger partial charge >= 0.3 is 0 Å². The molecule has 1 heterocycles. The summed E-state index contributed by atoms with van der Waals surface area (Å²) in [5.41, 5.74) is 5.25. The summed E-state index contributed by atoms with van der Waals surface area (Å²) in [4.78, 5) is 56.3. The summed E-state index contributed by atoms with van der Waals surface area (Å²) in [5, 5.41) is 12.4. The van der Waals surface area contributed by atoms with Gasteiger partial charge in [-0.15, -0.1) is 0 Å². The molecule has 7 rings (SSSR count). The highest BCUT2D eigenvalue weighted by molar-refractivity contribution is 6.25. The topological polar surface area (TPSA) is 113 Å². The van der Waals surface area contributed by atoms with Crippen LogP contribution < -0.4 is 15.0 Å². The fourth-order valence-corrected chi connectivity index (χ4v) is 7.30. The number of imide groups is 1. The second-order valence-electron chi connectivity index (χ2n) is 11.9. The molecule has 4 unspecified atom stereocenters. The Hall–Kier alpha value is -5.08. The summed E-state index contributed by atoms with van der Waals surface area (Å²) in [6.07, 6.45) is 4.01. The van der Waals surface area contributed by atoms with E-state index in [4.69, 9.17) is 9.84 Å². The molecule has 3 aromatic rings. The van der Waals surface area contributed by atoms with Crippen LogP contribution in [0.4, 0.5) is 17.1 Å². The number of ketones is 2. The molecule has 3 aliphatic carbocycles. The van der Waals surface area contributed by atoms with Crippen molar-refractivity contribution in [3.8, 4) is 5.75 Å². The van der Waals surface area contributed by atoms with Crippen LogP contribution >= 0.6 is 0 Å². The fourth-order valence-electron chi connectivity index (χ4n) is 7.30. The maximum Gasteiger partial charge on any atom is 0.238 e. The molecule has 3 aromatic carbocycles. The van der Waals surface area contributed by atoms with Crippen LogP contribution in [0.1, 0.15) is 31.2 Å². The number of hydrogen-bond acceptors (Lipinski definition) is 7. The number of allylic oxidation sites excluding steroid dienone is 6. The van der Waals surface area contributed by atoms with E-state index in [1.54, 1.807) is 31.2 Å². The zero-order chi connectivity index (χ0) is 31.2. The highest BCUT2D eigenvalue weighted by atomic mass is 16.5. The second kappa shape index (κ2) is 11.4. The van der Waals surface area contributed by atoms with Gasteiger partial charge in [-0.2, -0.15) is 0 Å². The molecule has 226 valence electrons. The number of anilines is 3. The van der Waals surface area contributed by atoms with Gasteiger partial charge in [0.1, 0.15) is 12.4 Å². The van der Waals surface area contributed by atoms with Gasteiger partial charge in [0.25, 0.3) is 0 Å². The number of aliphatic hydroxyl groups is 1. The van der Waals surface area contributed by atoms with Crippen molar-refractivity contribution >= 4 is 40.4 Å². The van der Waals surface area contributed by atoms with Gasteiger partial charge in [-0.05, 0) is 85.9 Å². The number of ether oxygens (including phenoxy) is 1. The normalized spacial score (nSPS) is 24.1. The molecule has 4 aliphatic rings. The molecule has 1 aliphatic heterocycles. The van der Waals surface area contributed by atoms with E-state index in [0.29, 0.717) is 34.6 Å². The molecule has 8 nitrogen and oxygen atoms in total. The monoisotopic (exact) mass is 600 g/mol. The molecule has 0 spiro atoms. The Bertz CT molecular complexity index is 1800. The minimum Gasteiger partial charge on any atom is -0.491 e. The van der Waals surface area contributed by atoms with Crippen molar-refractivity contribution in [1.82, 2.24) is 0 Å². The summed E-state index contributed by atoms with van der Waals surface area (Å²) in [6, 6.07) is 24.2. The van der Waals surface area contributed by atoms with Crippen molar-refractivity contribution in [3.05, 3.63) is 119 Å². The maximum atomic E-state index is 14.2. The van der Waals surface area contributed by atoms with Gasteiger partial charge in [0, 0.05) is 34.0 Å². The lowest BCUT2D eigenvalue weighted by molar-refractivity contribution is -0.123. The molecule has 1 fully saturated rings. The second-order valence-corrected chi connectivity index (χ2v) is 11.9. The minimum atomic E-state index is -0.641. The summed E-state index contributed by atoms with van der Waals surface area (Å²) in [5.74, 6) is -2.44. The van der Waals surface area contributed by atoms with Crippen molar-refractivity contribution in [1.29, 1.82) is 0 Å². The number of Topliss-reactive ketones (excluding diaryl/α,β-unsaturated/α-hetero) is 1. The lowest BCUT2D eigenvalue weighted by Gasteiger charge is -2.42. The van der Waals surface area contributed by atoms with E-state index in [9.17, 15) is 19.2 Å². The SMILES string of the molecule is CC1=CC(=O)C2=C(C1=O)C(c1ccc(OCCO)cc1)C1=CCC3C(=O)N(c4ccc(Nc5ccccc5)cc4)C(=O)C3C1C2. The predicted octanol–water partition coefficient (Wildman–Crippen LogP) is 5.44. The van der Waals surface area contributed by atoms with E-state index in [-0.39, 0.29) is 43.0 Å². The maximum absolute atomic E-state index is 14.2. The molecule has 0 aromatic heterocycles. The van der Waals surface area contributed by atoms with Crippen LogP contribution in [0.25, 0.3) is 0 Å². The van der Waals surface area contributed by atoms with E-state index >= 15 is 0 Å². The number of para-hydroxylation sites is 1. The molecular weight excluding hydrogens is 568 g/mol. The lowest BCUT2D eigenvalue weighted by atomic mass is 9.59. The molecule has 0 saturated carbocycles. The summed E-state index contributed by atoms with van der Waals surface area (Å²) in [7, 11) is 0. The average Bonchev–Trinajstić information content (AvgIpc) is 3.32. The van der Waals surface area contributed by atoms with Crippen LogP contribution in [-0.4, -0.2) is 41.7 Å². The number of carbonyl (C=O) groups excluding carboxylic acids is 4. The van der Waals surface area contributed by atoms with E-state index < -0.39 is 23.7 Å². The van der Waals surface area contributed by atoms with Gasteiger partial charge in [0.15, 0.2) is 11.6 Å². The third-order valence-electron chi connectivity index (χ3n) is 9.33. The first kappa shape index (κ1) is 28.7. The van der Waals surface area contributed by atoms with Gasteiger partial charge < -0.3 is 15.2 Å². The number of nitrogens with zero attached hydrogens (tertiary/aromatic N) is 1. The molecular formula is C37H32N2O6. The van der Waals surface area contributed by atoms with Gasteiger partial charge in [0.2, 0.25) is 11.8 Å². The van der Waals surface area contributed by atoms with Gasteiger partial charge in [-0.25, -0.2) is 0 Å². The summed E-state index contributed by atoms with van der Waals surface area (Å²) < 4.78 is 5.54. The van der Waals surface area contributed by atoms with E-state index in [2.05, 4.69) is 5.32 Å². The number of amides is 2. The first-order valence-electron chi connectivity index (χ1n) is 15.2. The minimum absolute atomic E-state index is 0.113. The number of carbonyl (C=O) groups is 4. The summed E-state index contributed by atoms with van der Waals surface area (Å²) in [6.45, 7) is 1.70. The molecule has 0 bridgehead atoms. The molecule has 0 radical (unpaired) electrons. The quantitative estimate of drug-likeness (QED) is 0.211. The Morgan fingerprint density at radius 1 is 0.867 bits per heavy atom. The molecule has 2 amide bonds. The van der Waals surface area contributed by atoms with Crippen molar-refractivity contribution in [2.45, 2.75) is 25.7 Å². The number of hydrogen-bond donors (Lipinski definition) is 2. The average molecular weight is 601 g/mol. The third kappa shape index (κ3) is 4.91. The number of benzene rings is 3. The Labute approximate surface area is 260 Å². The molecule has 1 saturated heterocycles. The van der Waals surface area contributed by atoms with Crippen molar-refractivity contribution in [2.24, 2.45) is 17.8 Å². The molecule has 4 atom stereocenters. The number of fused-ring (bicyclic) bond motifs is 3. The zero-order valence-electron chi connectivity index (χ0n) is 24.7. The standard InChI is InChI=1S/C37H32N2O6/c1-21-19-31(41)30-20-29-27(32(34(30)35(21)42)22-7-13-26(14-8-22)45-18-17-40)15-16-28-33(29)37(44)39(36(28)43)25-11-9-24(10-12-25)38-23-5-3-2-4-6-23/h2-15,19,28-29,32-33,38,40H,16-18,20H2,1H3. The van der Waals surface area contributed by atoms with E-state index in [1.165, 1.54) is 11.0 Å². The van der Waals surface area contributed by atoms with Crippen LogP contribution in [0.2, 0.25) is 0 Å². The highest BCUT2D eigenvalue weighted by Crippen LogP contribution is 2.55. The fraction of sp³-hybridized carbons (Fsp3) is 0.243. The Morgan fingerprint density at radius 3 is 2.29 bits per heavy atom. The number of nitrogens with one attached hydrogen (secondary N) is 1. The van der Waals surface area contributed by atoms with Gasteiger partial charge in [-0.3, -0.25) is 24.1 Å². The largest absolute Gasteiger partial charge is 0.491 e. The Kier molecular flexibility index (Phi) is 7.30. The van der Waals surface area contributed by atoms with E-state index in [0.717, 1.165) is 22.5 Å². The van der Waals surface area contributed by atoms with Crippen molar-refractivity contribution in [2.75, 3.05) is 23.4 Å². The number of rotatable bonds is 7. The molecule has 2 N–H and O–H groups in total. The molecule has 8 heteroatoms. The lowest BCUT2D eigenvalue weighted by Crippen LogP contribution is -2.39. The van der Waals surface area contributed by atoms with Crippen LogP contribution in [0.5, 0.6) is 5.75 Å². The first-order valence-corrected chi connectivity index (χ1v) is 15.2. The smallest absolute Gasteiger partial charge is 0.238 e. The third-order valence-corrected chi connectivity index (χ3v) is 9.33. The molecule has 45 heavy (non-hydrogen) atoms. The number of aliphatic hydroxyl groups excluding tert-OH is 1. The van der Waals surface area contributed by atoms with Crippen LogP contribution in [-0.2, 0) is 19.2 Å². The van der Waals surface area contributed by atoms with Crippen LogP contribution in [0.15, 0.2) is 113 Å². The Morgan fingerprint density at radius 2 is 1.58 bits per heavy atom. The Balaban J connectivity index is 1.22. The van der Waals surface area contributed by atoms with E-state index in [1.807, 2.05) is 60.7 Å². The summed E-state index contributed by atoms with van der Waals surface area (Å²) >= 11 is 0. The zero-order valence-corrected chi connectivity index (χ0v) is 24.7.